The zero-order valence-electron chi connectivity index (χ0n) is 14.1. The van der Waals surface area contributed by atoms with Gasteiger partial charge < -0.3 is 0 Å². The maximum Gasteiger partial charge on any atom is 0.249 e. The van der Waals surface area contributed by atoms with E-state index in [2.05, 4.69) is 27.7 Å². The molecule has 7 nitrogen and oxygen atoms in total. The van der Waals surface area contributed by atoms with Crippen LogP contribution in [0.3, 0.4) is 0 Å². The van der Waals surface area contributed by atoms with Crippen molar-refractivity contribution in [2.45, 2.75) is 39.2 Å². The van der Waals surface area contributed by atoms with Crippen molar-refractivity contribution in [1.29, 1.82) is 0 Å². The van der Waals surface area contributed by atoms with Gasteiger partial charge in [0, 0.05) is 0 Å². The van der Waals surface area contributed by atoms with Crippen molar-refractivity contribution in [3.05, 3.63) is 17.2 Å². The molecule has 25 heavy (non-hydrogen) atoms. The van der Waals surface area contributed by atoms with Gasteiger partial charge in [0.1, 0.15) is 11.0 Å². The number of likely N-dealkylation sites (tertiary alicyclic amines) is 1. The largest absolute Gasteiger partial charge is 0.299 e. The number of anilines is 1. The van der Waals surface area contributed by atoms with Gasteiger partial charge in [-0.1, -0.05) is 30.4 Å². The van der Waals surface area contributed by atoms with Crippen molar-refractivity contribution in [3.63, 3.8) is 0 Å². The van der Waals surface area contributed by atoms with E-state index in [1.54, 1.807) is 6.92 Å². The SMILES string of the molecule is CC[C@H](C(=O)Nc1nnc(C)s1)N1C(=O)[C@@H]2[C@H](C1=O)[C@H]1C=C[C@H]2CC1. The first-order chi connectivity index (χ1) is 12.0. The second kappa shape index (κ2) is 6.01. The summed E-state index contributed by atoms with van der Waals surface area (Å²) in [4.78, 5) is 39.8. The number of hydrogen-bond acceptors (Lipinski definition) is 6. The third-order valence-electron chi connectivity index (χ3n) is 5.55. The molecule has 1 aromatic heterocycles. The quantitative estimate of drug-likeness (QED) is 0.652. The van der Waals surface area contributed by atoms with Crippen LogP contribution < -0.4 is 5.32 Å². The zero-order valence-corrected chi connectivity index (χ0v) is 15.0. The molecular formula is C17H20N4O3S. The van der Waals surface area contributed by atoms with Crippen LogP contribution in [0, 0.1) is 30.6 Å². The Morgan fingerprint density at radius 3 is 2.28 bits per heavy atom. The Morgan fingerprint density at radius 1 is 1.24 bits per heavy atom. The standard InChI is InChI=1S/C17H20N4O3S/c1-3-11(14(22)18-17-20-19-8(2)25-17)21-15(23)12-9-4-5-10(7-6-9)13(12)16(21)24/h4-5,9-13H,3,6-7H2,1-2H3,(H,18,20,22)/t9-,10-,11+,12-,13+/m0/s1. The van der Waals surface area contributed by atoms with Gasteiger partial charge in [-0.2, -0.15) is 0 Å². The normalized spacial score (nSPS) is 31.4. The Balaban J connectivity index is 1.58. The number of nitrogens with one attached hydrogen (secondary N) is 1. The first-order valence-corrected chi connectivity index (χ1v) is 9.49. The van der Waals surface area contributed by atoms with Crippen LogP contribution in [0.2, 0.25) is 0 Å². The van der Waals surface area contributed by atoms with Gasteiger partial charge in [0.2, 0.25) is 22.9 Å². The minimum atomic E-state index is -0.797. The highest BCUT2D eigenvalue weighted by atomic mass is 32.1. The Labute approximate surface area is 149 Å². The fourth-order valence-corrected chi connectivity index (χ4v) is 5.02. The Morgan fingerprint density at radius 2 is 1.84 bits per heavy atom. The molecule has 0 radical (unpaired) electrons. The minimum Gasteiger partial charge on any atom is -0.299 e. The van der Waals surface area contributed by atoms with Crippen LogP contribution in [0.1, 0.15) is 31.2 Å². The summed E-state index contributed by atoms with van der Waals surface area (Å²) in [5.41, 5.74) is 0. The number of aryl methyl sites for hydroxylation is 1. The number of nitrogens with zero attached hydrogens (tertiary/aromatic N) is 3. The van der Waals surface area contributed by atoms with E-state index in [1.807, 2.05) is 6.92 Å². The van der Waals surface area contributed by atoms with Crippen LogP contribution in [0.4, 0.5) is 5.13 Å². The molecule has 1 saturated carbocycles. The number of carbonyl (C=O) groups is 3. The first kappa shape index (κ1) is 16.4. The molecule has 1 saturated heterocycles. The van der Waals surface area contributed by atoms with Gasteiger partial charge >= 0.3 is 0 Å². The summed E-state index contributed by atoms with van der Waals surface area (Å²) < 4.78 is 0. The Kier molecular flexibility index (Phi) is 3.94. The third-order valence-corrected chi connectivity index (χ3v) is 6.30. The highest BCUT2D eigenvalue weighted by Gasteiger charge is 2.58. The van der Waals surface area contributed by atoms with Crippen molar-refractivity contribution in [2.75, 3.05) is 5.32 Å². The molecule has 5 rings (SSSR count). The van der Waals surface area contributed by atoms with Crippen molar-refractivity contribution in [2.24, 2.45) is 23.7 Å². The summed E-state index contributed by atoms with van der Waals surface area (Å²) in [6.45, 7) is 3.61. The molecule has 2 fully saturated rings. The van der Waals surface area contributed by atoms with Gasteiger partial charge in [0.25, 0.3) is 0 Å². The Hall–Kier alpha value is -2.09. The predicted molar refractivity (Wildman–Crippen MR) is 91.5 cm³/mol. The smallest absolute Gasteiger partial charge is 0.249 e. The van der Waals surface area contributed by atoms with E-state index in [0.717, 1.165) is 17.8 Å². The average Bonchev–Trinajstić information content (AvgIpc) is 3.14. The highest BCUT2D eigenvalue weighted by molar-refractivity contribution is 7.15. The molecule has 132 valence electrons. The summed E-state index contributed by atoms with van der Waals surface area (Å²) >= 11 is 1.27. The first-order valence-electron chi connectivity index (χ1n) is 8.67. The number of rotatable bonds is 4. The molecule has 0 spiro atoms. The second-order valence-electron chi connectivity index (χ2n) is 6.93. The lowest BCUT2D eigenvalue weighted by atomic mass is 9.63. The van der Waals surface area contributed by atoms with Crippen molar-refractivity contribution in [3.8, 4) is 0 Å². The van der Waals surface area contributed by atoms with Crippen LogP contribution in [0.25, 0.3) is 0 Å². The van der Waals surface area contributed by atoms with E-state index in [4.69, 9.17) is 0 Å². The van der Waals surface area contributed by atoms with Crippen molar-refractivity contribution >= 4 is 34.2 Å². The summed E-state index contributed by atoms with van der Waals surface area (Å²) in [6.07, 6.45) is 6.43. The molecule has 4 aliphatic rings. The van der Waals surface area contributed by atoms with E-state index >= 15 is 0 Å². The van der Waals surface area contributed by atoms with Gasteiger partial charge in [-0.3, -0.25) is 24.6 Å². The number of aromatic nitrogens is 2. The van der Waals surface area contributed by atoms with Gasteiger partial charge in [-0.05, 0) is 38.0 Å². The van der Waals surface area contributed by atoms with E-state index < -0.39 is 6.04 Å². The van der Waals surface area contributed by atoms with Crippen LogP contribution in [-0.4, -0.2) is 38.9 Å². The molecule has 1 aromatic rings. The van der Waals surface area contributed by atoms with Crippen LogP contribution in [0.15, 0.2) is 12.2 Å². The molecule has 5 atom stereocenters. The van der Waals surface area contributed by atoms with Crippen molar-refractivity contribution < 1.29 is 14.4 Å². The van der Waals surface area contributed by atoms with Gasteiger partial charge in [-0.15, -0.1) is 10.2 Å². The summed E-state index contributed by atoms with van der Waals surface area (Å²) in [5, 5.41) is 11.6. The summed E-state index contributed by atoms with van der Waals surface area (Å²) in [6, 6.07) is -0.797. The maximum absolute atomic E-state index is 13.0. The number of fused-ring (bicyclic) bond motifs is 1. The predicted octanol–water partition coefficient (Wildman–Crippen LogP) is 1.76. The van der Waals surface area contributed by atoms with Crippen LogP contribution >= 0.6 is 11.3 Å². The second-order valence-corrected chi connectivity index (χ2v) is 8.11. The van der Waals surface area contributed by atoms with E-state index in [-0.39, 0.29) is 41.4 Å². The molecule has 3 amide bonds. The fourth-order valence-electron chi connectivity index (χ4n) is 4.43. The monoisotopic (exact) mass is 360 g/mol. The van der Waals surface area contributed by atoms with Crippen molar-refractivity contribution in [1.82, 2.24) is 15.1 Å². The number of imide groups is 1. The number of hydrogen-bond donors (Lipinski definition) is 1. The van der Waals surface area contributed by atoms with Gasteiger partial charge in [0.15, 0.2) is 0 Å². The molecule has 3 aliphatic carbocycles. The van der Waals surface area contributed by atoms with Gasteiger partial charge in [0.05, 0.1) is 11.8 Å². The summed E-state index contributed by atoms with van der Waals surface area (Å²) in [5.74, 6) is -1.08. The van der Waals surface area contributed by atoms with E-state index in [0.29, 0.717) is 11.6 Å². The molecule has 0 unspecified atom stereocenters. The topological polar surface area (TPSA) is 92.3 Å². The van der Waals surface area contributed by atoms with E-state index in [1.165, 1.54) is 16.2 Å². The molecule has 1 N–H and O–H groups in total. The maximum atomic E-state index is 13.0. The van der Waals surface area contributed by atoms with E-state index in [9.17, 15) is 14.4 Å². The zero-order chi connectivity index (χ0) is 17.7. The molecule has 1 aliphatic heterocycles. The fraction of sp³-hybridized carbons (Fsp3) is 0.588. The highest BCUT2D eigenvalue weighted by Crippen LogP contribution is 2.50. The lowest BCUT2D eigenvalue weighted by Gasteiger charge is -2.38. The number of amides is 3. The lowest BCUT2D eigenvalue weighted by molar-refractivity contribution is -0.146. The number of allylic oxidation sites excluding steroid dienone is 2. The minimum absolute atomic E-state index is 0.128. The molecule has 8 heteroatoms. The van der Waals surface area contributed by atoms with Crippen LogP contribution in [-0.2, 0) is 14.4 Å². The molecular weight excluding hydrogens is 340 g/mol. The molecule has 2 bridgehead atoms. The van der Waals surface area contributed by atoms with Gasteiger partial charge in [-0.25, -0.2) is 0 Å². The lowest BCUT2D eigenvalue weighted by Crippen LogP contribution is -2.47. The molecule has 2 heterocycles. The average molecular weight is 360 g/mol. The Bertz CT molecular complexity index is 742. The third kappa shape index (κ3) is 2.50. The summed E-state index contributed by atoms with van der Waals surface area (Å²) in [7, 11) is 0. The molecule has 0 aromatic carbocycles. The number of carbonyl (C=O) groups excluding carboxylic acids is 3. The van der Waals surface area contributed by atoms with Crippen LogP contribution in [0.5, 0.6) is 0 Å².